The van der Waals surface area contributed by atoms with E-state index in [1.165, 1.54) is 86.9 Å². The van der Waals surface area contributed by atoms with E-state index in [2.05, 4.69) is 217 Å². The zero-order chi connectivity index (χ0) is 36.3. The number of hydrogen-bond acceptors (Lipinski definition) is 1. The van der Waals surface area contributed by atoms with Crippen LogP contribution in [-0.4, -0.2) is 0 Å². The second-order valence-corrected chi connectivity index (χ2v) is 14.6. The van der Waals surface area contributed by atoms with Crippen molar-refractivity contribution >= 4 is 81.7 Å². The molecule has 1 nitrogen and oxygen atoms in total. The highest BCUT2D eigenvalue weighted by Crippen LogP contribution is 2.40. The molecule has 0 aliphatic heterocycles. The summed E-state index contributed by atoms with van der Waals surface area (Å²) in [5.41, 5.74) is 8.17. The Morgan fingerprint density at radius 2 is 0.527 bits per heavy atom. The van der Waals surface area contributed by atoms with E-state index in [9.17, 15) is 0 Å². The lowest BCUT2D eigenvalue weighted by Crippen LogP contribution is -2.09. The Morgan fingerprint density at radius 1 is 0.200 bits per heavy atom. The largest absolute Gasteiger partial charge is 0.310 e. The van der Waals surface area contributed by atoms with Crippen LogP contribution in [0.2, 0.25) is 0 Å². The van der Waals surface area contributed by atoms with Crippen LogP contribution in [0, 0.1) is 0 Å². The first-order chi connectivity index (χ1) is 27.2. The maximum Gasteiger partial charge on any atom is 0.0468 e. The molecule has 1 heteroatoms. The van der Waals surface area contributed by atoms with E-state index in [0.717, 1.165) is 17.1 Å². The van der Waals surface area contributed by atoms with Gasteiger partial charge in [-0.2, -0.15) is 0 Å². The van der Waals surface area contributed by atoms with E-state index in [-0.39, 0.29) is 0 Å². The Morgan fingerprint density at radius 3 is 1.00 bits per heavy atom. The van der Waals surface area contributed by atoms with E-state index in [0.29, 0.717) is 0 Å². The molecule has 0 aliphatic carbocycles. The van der Waals surface area contributed by atoms with Crippen molar-refractivity contribution in [3.8, 4) is 22.3 Å². The zero-order valence-corrected chi connectivity index (χ0v) is 30.2. The van der Waals surface area contributed by atoms with Crippen LogP contribution in [0.5, 0.6) is 0 Å². The summed E-state index contributed by atoms with van der Waals surface area (Å²) in [6.45, 7) is 0. The first-order valence-corrected chi connectivity index (χ1v) is 19.0. The Balaban J connectivity index is 1.01. The van der Waals surface area contributed by atoms with Crippen molar-refractivity contribution in [1.29, 1.82) is 0 Å². The maximum atomic E-state index is 2.38. The van der Waals surface area contributed by atoms with Crippen LogP contribution in [0.4, 0.5) is 17.1 Å². The smallest absolute Gasteiger partial charge is 0.0468 e. The fourth-order valence-corrected chi connectivity index (χ4v) is 8.56. The molecule has 55 heavy (non-hydrogen) atoms. The molecule has 0 saturated heterocycles. The molecule has 0 aliphatic rings. The summed E-state index contributed by atoms with van der Waals surface area (Å²) in [4.78, 5) is 2.38. The molecule has 0 spiro atoms. The standard InChI is InChI=1S/C54H35N/c1-4-10-49-38(7-1)19-22-45-33-48(31-32-52(45)49)55(46-27-23-36(24-28-46)43-20-17-41-15-13-39-8-2-5-11-50(39)53(41)34-43)47-29-25-37(26-30-47)44-21-18-42-16-14-40-9-3-6-12-51(40)54(42)35-44/h1-35H. The Hall–Kier alpha value is -7.22. The Labute approximate surface area is 320 Å². The number of anilines is 3. The van der Waals surface area contributed by atoms with Gasteiger partial charge in [-0.1, -0.05) is 164 Å². The molecule has 0 saturated carbocycles. The van der Waals surface area contributed by atoms with Crippen LogP contribution in [0.15, 0.2) is 212 Å². The van der Waals surface area contributed by atoms with Crippen LogP contribution in [-0.2, 0) is 0 Å². The minimum absolute atomic E-state index is 1.11. The molecule has 11 rings (SSSR count). The SMILES string of the molecule is c1ccc2c(c1)ccc1cc(N(c3ccc(-c4ccc5ccc6ccccc6c5c4)cc3)c3ccc(-c4ccc5ccc6ccccc6c5c4)cc3)ccc12. The number of benzene rings is 11. The van der Waals surface area contributed by atoms with Crippen molar-refractivity contribution in [2.24, 2.45) is 0 Å². The van der Waals surface area contributed by atoms with Crippen molar-refractivity contribution < 1.29 is 0 Å². The first-order valence-electron chi connectivity index (χ1n) is 19.0. The molecule has 0 fully saturated rings. The fraction of sp³-hybridized carbons (Fsp3) is 0. The van der Waals surface area contributed by atoms with E-state index >= 15 is 0 Å². The summed E-state index contributed by atoms with van der Waals surface area (Å²) in [6, 6.07) is 77.9. The summed E-state index contributed by atoms with van der Waals surface area (Å²) in [5, 5.41) is 15.2. The summed E-state index contributed by atoms with van der Waals surface area (Å²) >= 11 is 0. The van der Waals surface area contributed by atoms with Gasteiger partial charge >= 0.3 is 0 Å². The lowest BCUT2D eigenvalue weighted by molar-refractivity contribution is 1.29. The molecule has 0 atom stereocenters. The lowest BCUT2D eigenvalue weighted by atomic mass is 9.96. The van der Waals surface area contributed by atoms with Gasteiger partial charge in [0.2, 0.25) is 0 Å². The van der Waals surface area contributed by atoms with E-state index < -0.39 is 0 Å². The average Bonchev–Trinajstić information content (AvgIpc) is 3.26. The van der Waals surface area contributed by atoms with Gasteiger partial charge in [-0.25, -0.2) is 0 Å². The highest BCUT2D eigenvalue weighted by Gasteiger charge is 2.15. The second kappa shape index (κ2) is 12.7. The van der Waals surface area contributed by atoms with Gasteiger partial charge in [-0.3, -0.25) is 0 Å². The molecule has 0 radical (unpaired) electrons. The molecule has 11 aromatic carbocycles. The fourth-order valence-electron chi connectivity index (χ4n) is 8.56. The van der Waals surface area contributed by atoms with Crippen LogP contribution >= 0.6 is 0 Å². The predicted molar refractivity (Wildman–Crippen MR) is 237 cm³/mol. The van der Waals surface area contributed by atoms with E-state index in [1.54, 1.807) is 0 Å². The summed E-state index contributed by atoms with van der Waals surface area (Å²) < 4.78 is 0. The van der Waals surface area contributed by atoms with Gasteiger partial charge in [-0.05, 0) is 135 Å². The summed E-state index contributed by atoms with van der Waals surface area (Å²) in [7, 11) is 0. The molecular formula is C54H35N. The van der Waals surface area contributed by atoms with Gasteiger partial charge in [0, 0.05) is 17.1 Å². The van der Waals surface area contributed by atoms with Gasteiger partial charge in [0.15, 0.2) is 0 Å². The molecule has 256 valence electrons. The average molecular weight is 698 g/mol. The van der Waals surface area contributed by atoms with E-state index in [1.807, 2.05) is 0 Å². The molecule has 0 heterocycles. The lowest BCUT2D eigenvalue weighted by Gasteiger charge is -2.26. The van der Waals surface area contributed by atoms with Crippen molar-refractivity contribution in [2.75, 3.05) is 4.90 Å². The van der Waals surface area contributed by atoms with Crippen molar-refractivity contribution in [1.82, 2.24) is 0 Å². The van der Waals surface area contributed by atoms with E-state index in [4.69, 9.17) is 0 Å². The normalized spacial score (nSPS) is 11.6. The number of nitrogens with zero attached hydrogens (tertiary/aromatic N) is 1. The molecule has 0 N–H and O–H groups in total. The highest BCUT2D eigenvalue weighted by molar-refractivity contribution is 6.11. The van der Waals surface area contributed by atoms with Gasteiger partial charge < -0.3 is 4.90 Å². The first kappa shape index (κ1) is 31.3. The van der Waals surface area contributed by atoms with Gasteiger partial charge in [-0.15, -0.1) is 0 Å². The molecule has 0 bridgehead atoms. The monoisotopic (exact) mass is 697 g/mol. The van der Waals surface area contributed by atoms with Crippen LogP contribution in [0.25, 0.3) is 86.9 Å². The van der Waals surface area contributed by atoms with Crippen molar-refractivity contribution in [3.63, 3.8) is 0 Å². The Bertz CT molecular complexity index is 3090. The summed E-state index contributed by atoms with van der Waals surface area (Å²) in [5.74, 6) is 0. The maximum absolute atomic E-state index is 2.38. The zero-order valence-electron chi connectivity index (χ0n) is 30.2. The molecule has 11 aromatic rings. The molecule has 0 unspecified atom stereocenters. The minimum atomic E-state index is 1.11. The number of hydrogen-bond donors (Lipinski definition) is 0. The third kappa shape index (κ3) is 5.40. The minimum Gasteiger partial charge on any atom is -0.310 e. The van der Waals surface area contributed by atoms with Gasteiger partial charge in [0.1, 0.15) is 0 Å². The van der Waals surface area contributed by atoms with Crippen molar-refractivity contribution in [3.05, 3.63) is 212 Å². The molecule has 0 aromatic heterocycles. The third-order valence-electron chi connectivity index (χ3n) is 11.4. The number of fused-ring (bicyclic) bond motifs is 9. The second-order valence-electron chi connectivity index (χ2n) is 14.6. The quantitative estimate of drug-likeness (QED) is 0.162. The van der Waals surface area contributed by atoms with Crippen LogP contribution < -0.4 is 4.90 Å². The summed E-state index contributed by atoms with van der Waals surface area (Å²) in [6.07, 6.45) is 0. The Kier molecular flexibility index (Phi) is 7.25. The highest BCUT2D eigenvalue weighted by atomic mass is 15.1. The third-order valence-corrected chi connectivity index (χ3v) is 11.4. The van der Waals surface area contributed by atoms with Gasteiger partial charge in [0.25, 0.3) is 0 Å². The molecule has 0 amide bonds. The van der Waals surface area contributed by atoms with Crippen molar-refractivity contribution in [2.45, 2.75) is 0 Å². The molecular weight excluding hydrogens is 663 g/mol. The van der Waals surface area contributed by atoms with Gasteiger partial charge in [0.05, 0.1) is 0 Å². The number of rotatable bonds is 5. The topological polar surface area (TPSA) is 3.24 Å². The van der Waals surface area contributed by atoms with Crippen LogP contribution in [0.1, 0.15) is 0 Å². The predicted octanol–water partition coefficient (Wildman–Crippen LogP) is 15.4. The van der Waals surface area contributed by atoms with Crippen LogP contribution in [0.3, 0.4) is 0 Å².